The van der Waals surface area contributed by atoms with Gasteiger partial charge in [0.2, 0.25) is 0 Å². The minimum absolute atomic E-state index is 0.825. The van der Waals surface area contributed by atoms with Gasteiger partial charge in [-0.25, -0.2) is 4.98 Å². The third-order valence-electron chi connectivity index (χ3n) is 2.19. The van der Waals surface area contributed by atoms with E-state index in [4.69, 9.17) is 5.73 Å². The first kappa shape index (κ1) is 7.55. The van der Waals surface area contributed by atoms with E-state index < -0.39 is 0 Å². The van der Waals surface area contributed by atoms with Crippen LogP contribution in [0.15, 0.2) is 11.6 Å². The Morgan fingerprint density at radius 1 is 1.42 bits per heavy atom. The summed E-state index contributed by atoms with van der Waals surface area (Å²) in [5.41, 5.74) is 11.9. The molecule has 0 radical (unpaired) electrons. The van der Waals surface area contributed by atoms with E-state index in [0.717, 1.165) is 16.8 Å². The van der Waals surface area contributed by atoms with Crippen LogP contribution in [0.2, 0.25) is 0 Å². The van der Waals surface area contributed by atoms with E-state index in [1.165, 1.54) is 10.3 Å². The molecule has 0 aliphatic rings. The Kier molecular flexibility index (Phi) is 1.54. The van der Waals surface area contributed by atoms with Crippen LogP contribution in [0, 0.1) is 13.8 Å². The van der Waals surface area contributed by atoms with Gasteiger partial charge >= 0.3 is 0 Å². The van der Waals surface area contributed by atoms with Gasteiger partial charge in [0.15, 0.2) is 0 Å². The van der Waals surface area contributed by atoms with Crippen LogP contribution in [0.4, 0.5) is 5.69 Å². The van der Waals surface area contributed by atoms with Gasteiger partial charge in [-0.05, 0) is 31.0 Å². The summed E-state index contributed by atoms with van der Waals surface area (Å²) in [7, 11) is 0. The molecule has 0 spiro atoms. The second-order valence-electron chi connectivity index (χ2n) is 2.93. The summed E-state index contributed by atoms with van der Waals surface area (Å²) in [4.78, 5) is 4.21. The van der Waals surface area contributed by atoms with Crippen molar-refractivity contribution in [1.82, 2.24) is 4.98 Å². The molecule has 0 unspecified atom stereocenters. The van der Waals surface area contributed by atoms with Crippen molar-refractivity contribution in [1.29, 1.82) is 0 Å². The molecule has 1 aromatic carbocycles. The molecule has 0 saturated carbocycles. The number of hydrogen-bond donors (Lipinski definition) is 1. The number of benzene rings is 1. The molecule has 0 amide bonds. The second-order valence-corrected chi connectivity index (χ2v) is 3.82. The zero-order chi connectivity index (χ0) is 8.72. The number of nitrogen functional groups attached to an aromatic ring is 1. The van der Waals surface area contributed by atoms with E-state index in [-0.39, 0.29) is 0 Å². The zero-order valence-corrected chi connectivity index (χ0v) is 7.90. The highest BCUT2D eigenvalue weighted by Gasteiger charge is 2.05. The van der Waals surface area contributed by atoms with Crippen molar-refractivity contribution < 1.29 is 0 Å². The number of nitrogens with two attached hydrogens (primary N) is 1. The number of rotatable bonds is 0. The molecular formula is C9H10N2S. The van der Waals surface area contributed by atoms with E-state index >= 15 is 0 Å². The minimum Gasteiger partial charge on any atom is -0.397 e. The summed E-state index contributed by atoms with van der Waals surface area (Å²) in [6.45, 7) is 4.11. The van der Waals surface area contributed by atoms with Gasteiger partial charge < -0.3 is 5.73 Å². The van der Waals surface area contributed by atoms with Crippen molar-refractivity contribution in [2.45, 2.75) is 13.8 Å². The lowest BCUT2D eigenvalue weighted by Gasteiger charge is -2.03. The Morgan fingerprint density at radius 2 is 2.17 bits per heavy atom. The van der Waals surface area contributed by atoms with Crippen LogP contribution in [0.25, 0.3) is 10.2 Å². The predicted octanol–water partition coefficient (Wildman–Crippen LogP) is 2.50. The first-order valence-electron chi connectivity index (χ1n) is 3.79. The fourth-order valence-electron chi connectivity index (χ4n) is 1.25. The zero-order valence-electron chi connectivity index (χ0n) is 7.09. The van der Waals surface area contributed by atoms with E-state index in [9.17, 15) is 0 Å². The largest absolute Gasteiger partial charge is 0.397 e. The lowest BCUT2D eigenvalue weighted by molar-refractivity contribution is 1.36. The fourth-order valence-corrected chi connectivity index (χ4v) is 2.05. The maximum atomic E-state index is 5.91. The molecule has 2 N–H and O–H groups in total. The highest BCUT2D eigenvalue weighted by atomic mass is 32.1. The van der Waals surface area contributed by atoms with Crippen molar-refractivity contribution >= 4 is 27.2 Å². The maximum absolute atomic E-state index is 5.91. The molecule has 1 heterocycles. The third kappa shape index (κ3) is 0.898. The number of thiazole rings is 1. The number of hydrogen-bond acceptors (Lipinski definition) is 3. The first-order valence-corrected chi connectivity index (χ1v) is 4.67. The summed E-state index contributed by atoms with van der Waals surface area (Å²) in [6, 6.07) is 2.14. The number of aromatic nitrogens is 1. The van der Waals surface area contributed by atoms with Gasteiger partial charge in [-0.15, -0.1) is 11.3 Å². The van der Waals surface area contributed by atoms with Gasteiger partial charge in [0.1, 0.15) is 5.52 Å². The number of nitrogens with zero attached hydrogens (tertiary/aromatic N) is 1. The Morgan fingerprint density at radius 3 is 2.92 bits per heavy atom. The summed E-state index contributed by atoms with van der Waals surface area (Å²) in [5.74, 6) is 0. The highest BCUT2D eigenvalue weighted by molar-refractivity contribution is 7.16. The second kappa shape index (κ2) is 2.45. The van der Waals surface area contributed by atoms with Crippen LogP contribution in [0.1, 0.15) is 11.1 Å². The SMILES string of the molecule is Cc1cc2scnc2c(N)c1C. The molecule has 0 atom stereocenters. The lowest BCUT2D eigenvalue weighted by Crippen LogP contribution is -1.93. The van der Waals surface area contributed by atoms with Gasteiger partial charge in [-0.3, -0.25) is 0 Å². The molecule has 12 heavy (non-hydrogen) atoms. The molecule has 2 aromatic rings. The highest BCUT2D eigenvalue weighted by Crippen LogP contribution is 2.28. The minimum atomic E-state index is 0.825. The monoisotopic (exact) mass is 178 g/mol. The Hall–Kier alpha value is -1.09. The Balaban J connectivity index is 2.94. The Labute approximate surface area is 75.0 Å². The summed E-state index contributed by atoms with van der Waals surface area (Å²) in [6.07, 6.45) is 0. The van der Waals surface area contributed by atoms with Gasteiger partial charge in [-0.1, -0.05) is 0 Å². The van der Waals surface area contributed by atoms with E-state index in [1.807, 2.05) is 12.4 Å². The van der Waals surface area contributed by atoms with Crippen LogP contribution >= 0.6 is 11.3 Å². The summed E-state index contributed by atoms with van der Waals surface area (Å²) >= 11 is 1.63. The van der Waals surface area contributed by atoms with Gasteiger partial charge in [0.05, 0.1) is 15.9 Å². The van der Waals surface area contributed by atoms with Crippen LogP contribution in [0.3, 0.4) is 0 Å². The molecule has 1 aromatic heterocycles. The average molecular weight is 178 g/mol. The first-order chi connectivity index (χ1) is 5.70. The summed E-state index contributed by atoms with van der Waals surface area (Å²) < 4.78 is 1.18. The van der Waals surface area contributed by atoms with E-state index in [1.54, 1.807) is 11.3 Å². The average Bonchev–Trinajstić information content (AvgIpc) is 2.48. The molecule has 2 nitrogen and oxygen atoms in total. The van der Waals surface area contributed by atoms with Crippen molar-refractivity contribution in [3.05, 3.63) is 22.7 Å². The smallest absolute Gasteiger partial charge is 0.104 e. The van der Waals surface area contributed by atoms with Crippen LogP contribution < -0.4 is 5.73 Å². The number of anilines is 1. The van der Waals surface area contributed by atoms with Crippen molar-refractivity contribution in [2.75, 3.05) is 5.73 Å². The van der Waals surface area contributed by atoms with Gasteiger partial charge in [-0.2, -0.15) is 0 Å². The van der Waals surface area contributed by atoms with Crippen molar-refractivity contribution in [3.63, 3.8) is 0 Å². The molecule has 0 fully saturated rings. The fraction of sp³-hybridized carbons (Fsp3) is 0.222. The molecule has 62 valence electrons. The molecule has 2 rings (SSSR count). The lowest BCUT2D eigenvalue weighted by atomic mass is 10.1. The molecule has 0 aliphatic heterocycles. The number of fused-ring (bicyclic) bond motifs is 1. The molecule has 0 saturated heterocycles. The van der Waals surface area contributed by atoms with Crippen LogP contribution in [0.5, 0.6) is 0 Å². The molecule has 3 heteroatoms. The van der Waals surface area contributed by atoms with Crippen molar-refractivity contribution in [2.24, 2.45) is 0 Å². The van der Waals surface area contributed by atoms with Gasteiger partial charge in [0, 0.05) is 0 Å². The maximum Gasteiger partial charge on any atom is 0.104 e. The van der Waals surface area contributed by atoms with Crippen molar-refractivity contribution in [3.8, 4) is 0 Å². The molecule has 0 bridgehead atoms. The molecule has 0 aliphatic carbocycles. The summed E-state index contributed by atoms with van der Waals surface area (Å²) in [5, 5.41) is 0. The molecular weight excluding hydrogens is 168 g/mol. The topological polar surface area (TPSA) is 38.9 Å². The quantitative estimate of drug-likeness (QED) is 0.629. The van der Waals surface area contributed by atoms with E-state index in [0.29, 0.717) is 0 Å². The standard InChI is InChI=1S/C9H10N2S/c1-5-3-7-9(11-4-12-7)8(10)6(5)2/h3-4H,10H2,1-2H3. The third-order valence-corrected chi connectivity index (χ3v) is 2.97. The van der Waals surface area contributed by atoms with Gasteiger partial charge in [0.25, 0.3) is 0 Å². The van der Waals surface area contributed by atoms with E-state index in [2.05, 4.69) is 18.0 Å². The number of aryl methyl sites for hydroxylation is 1. The van der Waals surface area contributed by atoms with Crippen LogP contribution in [-0.4, -0.2) is 4.98 Å². The predicted molar refractivity (Wildman–Crippen MR) is 53.5 cm³/mol. The Bertz CT molecular complexity index is 431. The van der Waals surface area contributed by atoms with Crippen LogP contribution in [-0.2, 0) is 0 Å². The normalized spacial score (nSPS) is 10.8.